The van der Waals surface area contributed by atoms with Crippen LogP contribution >= 0.6 is 11.8 Å². The number of nitrogens with one attached hydrogen (secondary N) is 2. The van der Waals surface area contributed by atoms with E-state index in [1.807, 2.05) is 25.1 Å². The number of halogens is 1. The highest BCUT2D eigenvalue weighted by atomic mass is 32.2. The Kier molecular flexibility index (Phi) is 7.67. The highest BCUT2D eigenvalue weighted by Gasteiger charge is 2.17. The quantitative estimate of drug-likeness (QED) is 0.450. The van der Waals surface area contributed by atoms with Crippen LogP contribution in [0, 0.1) is 5.82 Å². The molecule has 0 fully saturated rings. The van der Waals surface area contributed by atoms with E-state index in [9.17, 15) is 14.0 Å². The molecule has 0 heterocycles. The van der Waals surface area contributed by atoms with Crippen LogP contribution < -0.4 is 15.4 Å². The largest absolute Gasteiger partial charge is 0.492 e. The van der Waals surface area contributed by atoms with Crippen molar-refractivity contribution in [2.75, 3.05) is 17.2 Å². The summed E-state index contributed by atoms with van der Waals surface area (Å²) in [6, 6.07) is 20.2. The minimum Gasteiger partial charge on any atom is -0.492 e. The third kappa shape index (κ3) is 6.08. The lowest BCUT2D eigenvalue weighted by atomic mass is 10.2. The van der Waals surface area contributed by atoms with Crippen molar-refractivity contribution in [3.8, 4) is 5.75 Å². The summed E-state index contributed by atoms with van der Waals surface area (Å²) < 4.78 is 19.4. The van der Waals surface area contributed by atoms with Crippen molar-refractivity contribution in [3.63, 3.8) is 0 Å². The molecule has 0 radical (unpaired) electrons. The first-order valence-corrected chi connectivity index (χ1v) is 10.7. The van der Waals surface area contributed by atoms with Crippen molar-refractivity contribution in [2.24, 2.45) is 0 Å². The first-order chi connectivity index (χ1) is 15.0. The summed E-state index contributed by atoms with van der Waals surface area (Å²) in [7, 11) is 0. The highest BCUT2D eigenvalue weighted by Crippen LogP contribution is 2.29. The maximum absolute atomic E-state index is 13.8. The van der Waals surface area contributed by atoms with Crippen molar-refractivity contribution < 1.29 is 18.7 Å². The Morgan fingerprint density at radius 2 is 1.74 bits per heavy atom. The summed E-state index contributed by atoms with van der Waals surface area (Å²) in [5.41, 5.74) is 1.11. The second-order valence-electron chi connectivity index (χ2n) is 6.64. The highest BCUT2D eigenvalue weighted by molar-refractivity contribution is 8.00. The van der Waals surface area contributed by atoms with E-state index in [4.69, 9.17) is 4.74 Å². The van der Waals surface area contributed by atoms with Crippen LogP contribution in [0.4, 0.5) is 15.8 Å². The summed E-state index contributed by atoms with van der Waals surface area (Å²) in [4.78, 5) is 25.8. The molecule has 0 aliphatic heterocycles. The van der Waals surface area contributed by atoms with E-state index in [0.29, 0.717) is 23.7 Å². The number of anilines is 2. The third-order valence-corrected chi connectivity index (χ3v) is 5.43. The lowest BCUT2D eigenvalue weighted by Gasteiger charge is -2.15. The maximum atomic E-state index is 13.8. The number of benzene rings is 3. The molecular weight excluding hydrogens is 415 g/mol. The lowest BCUT2D eigenvalue weighted by molar-refractivity contribution is -0.115. The van der Waals surface area contributed by atoms with E-state index in [0.717, 1.165) is 4.90 Å². The number of carbonyl (C=O) groups is 2. The fourth-order valence-corrected chi connectivity index (χ4v) is 3.76. The Bertz CT molecular complexity index is 1070. The average molecular weight is 439 g/mol. The molecule has 0 saturated carbocycles. The minimum atomic E-state index is -0.580. The van der Waals surface area contributed by atoms with Gasteiger partial charge in [-0.1, -0.05) is 30.3 Å². The van der Waals surface area contributed by atoms with E-state index in [2.05, 4.69) is 10.6 Å². The summed E-state index contributed by atoms with van der Waals surface area (Å²) >= 11 is 1.35. The second kappa shape index (κ2) is 10.6. The summed E-state index contributed by atoms with van der Waals surface area (Å²) in [5, 5.41) is 5.19. The second-order valence-corrected chi connectivity index (χ2v) is 8.05. The first kappa shape index (κ1) is 22.4. The number of para-hydroxylation sites is 2. The van der Waals surface area contributed by atoms with Crippen molar-refractivity contribution in [2.45, 2.75) is 24.0 Å². The first-order valence-electron chi connectivity index (χ1n) is 9.83. The molecule has 0 aliphatic carbocycles. The molecule has 3 aromatic carbocycles. The van der Waals surface area contributed by atoms with Crippen molar-refractivity contribution in [1.82, 2.24) is 0 Å². The monoisotopic (exact) mass is 438 g/mol. The van der Waals surface area contributed by atoms with Crippen LogP contribution in [0.15, 0.2) is 77.7 Å². The summed E-state index contributed by atoms with van der Waals surface area (Å²) in [5.74, 6) is -0.659. The summed E-state index contributed by atoms with van der Waals surface area (Å²) in [6.45, 7) is 4.19. The van der Waals surface area contributed by atoms with Gasteiger partial charge in [-0.3, -0.25) is 9.59 Å². The van der Waals surface area contributed by atoms with Gasteiger partial charge in [0.25, 0.3) is 5.91 Å². The van der Waals surface area contributed by atoms with Crippen LogP contribution in [0.5, 0.6) is 5.75 Å². The fourth-order valence-electron chi connectivity index (χ4n) is 2.83. The van der Waals surface area contributed by atoms with Gasteiger partial charge >= 0.3 is 0 Å². The number of rotatable bonds is 8. The fraction of sp³-hybridized carbons (Fsp3) is 0.167. The molecule has 1 unspecified atom stereocenters. The number of thioether (sulfide) groups is 1. The molecule has 3 aromatic rings. The van der Waals surface area contributed by atoms with E-state index >= 15 is 0 Å². The SMILES string of the molecule is CCOc1ccccc1NC(=O)C(C)Sc1cccc(NC(=O)c2ccccc2F)c1. The van der Waals surface area contributed by atoms with Crippen LogP contribution in [0.2, 0.25) is 0 Å². The molecule has 2 amide bonds. The van der Waals surface area contributed by atoms with E-state index in [-0.39, 0.29) is 11.5 Å². The normalized spacial score (nSPS) is 11.5. The number of carbonyl (C=O) groups excluding carboxylic acids is 2. The van der Waals surface area contributed by atoms with Gasteiger partial charge in [0.05, 0.1) is 23.1 Å². The predicted molar refractivity (Wildman–Crippen MR) is 122 cm³/mol. The minimum absolute atomic E-state index is 0.0266. The number of hydrogen-bond acceptors (Lipinski definition) is 4. The Morgan fingerprint density at radius 1 is 1.00 bits per heavy atom. The van der Waals surface area contributed by atoms with E-state index < -0.39 is 17.0 Å². The van der Waals surface area contributed by atoms with Crippen molar-refractivity contribution in [1.29, 1.82) is 0 Å². The van der Waals surface area contributed by atoms with Crippen LogP contribution in [0.25, 0.3) is 0 Å². The molecule has 160 valence electrons. The molecule has 5 nitrogen and oxygen atoms in total. The molecule has 31 heavy (non-hydrogen) atoms. The van der Waals surface area contributed by atoms with Crippen LogP contribution in [0.3, 0.4) is 0 Å². The molecule has 0 aliphatic rings. The van der Waals surface area contributed by atoms with Gasteiger partial charge in [-0.2, -0.15) is 0 Å². The number of ether oxygens (including phenoxy) is 1. The maximum Gasteiger partial charge on any atom is 0.258 e. The van der Waals surface area contributed by atoms with Gasteiger partial charge in [0.2, 0.25) is 5.91 Å². The molecule has 2 N–H and O–H groups in total. The topological polar surface area (TPSA) is 67.4 Å². The number of hydrogen-bond donors (Lipinski definition) is 2. The molecular formula is C24H23FN2O3S. The number of amides is 2. The molecule has 0 spiro atoms. The zero-order valence-corrected chi connectivity index (χ0v) is 18.0. The van der Waals surface area contributed by atoms with Gasteiger partial charge in [-0.05, 0) is 56.3 Å². The van der Waals surface area contributed by atoms with Crippen molar-refractivity contribution in [3.05, 3.63) is 84.2 Å². The molecule has 0 aromatic heterocycles. The Balaban J connectivity index is 1.64. The molecule has 0 bridgehead atoms. The molecule has 7 heteroatoms. The van der Waals surface area contributed by atoms with Gasteiger partial charge in [0, 0.05) is 10.6 Å². The molecule has 1 atom stereocenters. The zero-order valence-electron chi connectivity index (χ0n) is 17.2. The zero-order chi connectivity index (χ0) is 22.2. The predicted octanol–water partition coefficient (Wildman–Crippen LogP) is 5.60. The summed E-state index contributed by atoms with van der Waals surface area (Å²) in [6.07, 6.45) is 0. The van der Waals surface area contributed by atoms with E-state index in [1.165, 1.54) is 30.0 Å². The van der Waals surface area contributed by atoms with Gasteiger partial charge in [-0.15, -0.1) is 11.8 Å². The van der Waals surface area contributed by atoms with Gasteiger partial charge in [-0.25, -0.2) is 4.39 Å². The molecule has 0 saturated heterocycles. The van der Waals surface area contributed by atoms with Gasteiger partial charge in [0.15, 0.2) is 0 Å². The van der Waals surface area contributed by atoms with Crippen LogP contribution in [0.1, 0.15) is 24.2 Å². The van der Waals surface area contributed by atoms with Crippen LogP contribution in [-0.4, -0.2) is 23.7 Å². The average Bonchev–Trinajstić information content (AvgIpc) is 2.75. The van der Waals surface area contributed by atoms with E-state index in [1.54, 1.807) is 43.3 Å². The van der Waals surface area contributed by atoms with Gasteiger partial charge in [0.1, 0.15) is 11.6 Å². The molecule has 3 rings (SSSR count). The third-order valence-electron chi connectivity index (χ3n) is 4.34. The van der Waals surface area contributed by atoms with Crippen LogP contribution in [-0.2, 0) is 4.79 Å². The smallest absolute Gasteiger partial charge is 0.258 e. The Hall–Kier alpha value is -3.32. The Labute approximate surface area is 185 Å². The van der Waals surface area contributed by atoms with Crippen molar-refractivity contribution >= 4 is 35.0 Å². The van der Waals surface area contributed by atoms with Gasteiger partial charge < -0.3 is 15.4 Å². The standard InChI is InChI=1S/C24H23FN2O3S/c1-3-30-22-14-7-6-13-21(22)27-23(28)16(2)31-18-10-8-9-17(15-18)26-24(29)19-11-4-5-12-20(19)25/h4-16H,3H2,1-2H3,(H,26,29)(H,27,28). The lowest BCUT2D eigenvalue weighted by Crippen LogP contribution is -2.22. The Morgan fingerprint density at radius 3 is 2.52 bits per heavy atom.